The van der Waals surface area contributed by atoms with Crippen molar-refractivity contribution in [3.8, 4) is 11.8 Å². The van der Waals surface area contributed by atoms with E-state index in [2.05, 4.69) is 36.5 Å². The van der Waals surface area contributed by atoms with Gasteiger partial charge in [-0.15, -0.1) is 0 Å². The zero-order chi connectivity index (χ0) is 38.1. The Kier molecular flexibility index (Phi) is 10.4. The summed E-state index contributed by atoms with van der Waals surface area (Å²) in [5.41, 5.74) is 2.94. The Bertz CT molecular complexity index is 2200. The van der Waals surface area contributed by atoms with Crippen LogP contribution < -0.4 is 30.7 Å². The first kappa shape index (κ1) is 36.5. The molecule has 0 bridgehead atoms. The number of aromatic nitrogens is 2. The van der Waals surface area contributed by atoms with Crippen LogP contribution in [0.2, 0.25) is 5.02 Å². The van der Waals surface area contributed by atoms with E-state index in [1.807, 2.05) is 42.5 Å². The molecule has 1 atom stereocenters. The van der Waals surface area contributed by atoms with E-state index in [-0.39, 0.29) is 42.4 Å². The highest BCUT2D eigenvalue weighted by molar-refractivity contribution is 6.31. The molecule has 55 heavy (non-hydrogen) atoms. The summed E-state index contributed by atoms with van der Waals surface area (Å²) in [5.74, 6) is 0.377. The minimum Gasteiger partial charge on any atom is -0.490 e. The molecule has 13 nitrogen and oxygen atoms in total. The molecule has 4 heterocycles. The van der Waals surface area contributed by atoms with Crippen molar-refractivity contribution in [2.45, 2.75) is 56.7 Å². The average Bonchev–Trinajstić information content (AvgIpc) is 3.18. The maximum atomic E-state index is 13.2. The van der Waals surface area contributed by atoms with Gasteiger partial charge in [-0.25, -0.2) is 4.68 Å². The smallest absolute Gasteiger partial charge is 0.275 e. The molecule has 1 aromatic heterocycles. The number of carbonyl (C=O) groups is 3. The summed E-state index contributed by atoms with van der Waals surface area (Å²) in [7, 11) is 0. The third kappa shape index (κ3) is 8.02. The fourth-order valence-corrected chi connectivity index (χ4v) is 8.42. The summed E-state index contributed by atoms with van der Waals surface area (Å²) in [5, 5.41) is 20.5. The molecule has 284 valence electrons. The number of fused-ring (bicyclic) bond motifs is 1. The van der Waals surface area contributed by atoms with Gasteiger partial charge in [0.15, 0.2) is 0 Å². The Balaban J connectivity index is 0.757. The van der Waals surface area contributed by atoms with Gasteiger partial charge >= 0.3 is 0 Å². The predicted octanol–water partition coefficient (Wildman–Crippen LogP) is 4.28. The third-order valence-corrected chi connectivity index (χ3v) is 11.7. The molecule has 4 aromatic rings. The Hall–Kier alpha value is -5.45. The van der Waals surface area contributed by atoms with E-state index in [0.717, 1.165) is 88.3 Å². The van der Waals surface area contributed by atoms with Crippen LogP contribution in [-0.2, 0) is 9.59 Å². The summed E-state index contributed by atoms with van der Waals surface area (Å²) in [6.07, 6.45) is 5.46. The number of carbonyl (C=O) groups excluding carboxylic acids is 3. The van der Waals surface area contributed by atoms with Gasteiger partial charge in [0.05, 0.1) is 28.3 Å². The highest BCUT2D eigenvalue weighted by Gasteiger charge is 2.32. The topological polar surface area (TPSA) is 153 Å². The number of ether oxygens (including phenoxy) is 1. The highest BCUT2D eigenvalue weighted by atomic mass is 35.5. The minimum absolute atomic E-state index is 0.0518. The maximum absolute atomic E-state index is 13.2. The number of hydrogen-bond donors (Lipinski definition) is 2. The number of amides is 3. The number of nitrogens with zero attached hydrogens (tertiary/aromatic N) is 6. The quantitative estimate of drug-likeness (QED) is 0.237. The van der Waals surface area contributed by atoms with Gasteiger partial charge in [-0.3, -0.25) is 29.4 Å². The summed E-state index contributed by atoms with van der Waals surface area (Å²) in [6.45, 7) is 6.69. The van der Waals surface area contributed by atoms with E-state index in [0.29, 0.717) is 33.2 Å². The zero-order valence-electron chi connectivity index (χ0n) is 30.5. The van der Waals surface area contributed by atoms with E-state index in [1.165, 1.54) is 4.68 Å². The second-order valence-electron chi connectivity index (χ2n) is 15.1. The van der Waals surface area contributed by atoms with E-state index in [4.69, 9.17) is 21.6 Å². The zero-order valence-corrected chi connectivity index (χ0v) is 31.2. The molecule has 3 aliphatic heterocycles. The number of hydrogen-bond acceptors (Lipinski definition) is 10. The van der Waals surface area contributed by atoms with Crippen molar-refractivity contribution >= 4 is 51.5 Å². The van der Waals surface area contributed by atoms with Gasteiger partial charge < -0.3 is 19.9 Å². The third-order valence-electron chi connectivity index (χ3n) is 11.4. The molecule has 8 rings (SSSR count). The second kappa shape index (κ2) is 15.7. The number of piperidine rings is 1. The van der Waals surface area contributed by atoms with Crippen LogP contribution in [0.15, 0.2) is 71.7 Å². The van der Waals surface area contributed by atoms with Crippen molar-refractivity contribution in [3.05, 3.63) is 93.4 Å². The maximum Gasteiger partial charge on any atom is 0.275 e. The second-order valence-corrected chi connectivity index (χ2v) is 15.5. The largest absolute Gasteiger partial charge is 0.490 e. The van der Waals surface area contributed by atoms with Gasteiger partial charge in [0, 0.05) is 92.6 Å². The summed E-state index contributed by atoms with van der Waals surface area (Å²) >= 11 is 6.15. The van der Waals surface area contributed by atoms with Crippen molar-refractivity contribution in [1.29, 1.82) is 5.26 Å². The van der Waals surface area contributed by atoms with Gasteiger partial charge in [0.1, 0.15) is 17.9 Å². The monoisotopic (exact) mass is 762 g/mol. The number of imide groups is 1. The van der Waals surface area contributed by atoms with Crippen molar-refractivity contribution in [3.63, 3.8) is 0 Å². The first-order valence-corrected chi connectivity index (χ1v) is 19.4. The lowest BCUT2D eigenvalue weighted by atomic mass is 9.92. The molecule has 2 N–H and O–H groups in total. The van der Waals surface area contributed by atoms with Gasteiger partial charge in [-0.05, 0) is 86.7 Å². The summed E-state index contributed by atoms with van der Waals surface area (Å²) in [4.78, 5) is 57.3. The number of benzene rings is 3. The molecule has 4 fully saturated rings. The first-order chi connectivity index (χ1) is 26.7. The van der Waals surface area contributed by atoms with Crippen LogP contribution in [0, 0.1) is 17.2 Å². The molecule has 0 radical (unpaired) electrons. The molecular weight excluding hydrogens is 720 g/mol. The van der Waals surface area contributed by atoms with E-state index >= 15 is 0 Å². The minimum atomic E-state index is -0.780. The normalized spacial score (nSPS) is 22.1. The van der Waals surface area contributed by atoms with Gasteiger partial charge in [0.2, 0.25) is 5.91 Å². The molecule has 1 saturated carbocycles. The van der Waals surface area contributed by atoms with Crippen LogP contribution in [0.25, 0.3) is 10.8 Å². The number of nitriles is 1. The number of anilines is 2. The lowest BCUT2D eigenvalue weighted by Crippen LogP contribution is -2.55. The van der Waals surface area contributed by atoms with Gasteiger partial charge in [0.25, 0.3) is 17.4 Å². The molecular formula is C41H43ClN8O5. The highest BCUT2D eigenvalue weighted by Crippen LogP contribution is 2.29. The Morgan fingerprint density at radius 1 is 0.909 bits per heavy atom. The lowest BCUT2D eigenvalue weighted by Gasteiger charge is -2.45. The average molecular weight is 763 g/mol. The molecule has 0 spiro atoms. The van der Waals surface area contributed by atoms with Crippen molar-refractivity contribution in [2.24, 2.45) is 5.92 Å². The summed E-state index contributed by atoms with van der Waals surface area (Å²) in [6, 6.07) is 20.2. The molecule has 1 aliphatic carbocycles. The number of piperazine rings is 1. The SMILES string of the molecule is N#Cc1ccc(OC2CCC(NC(=O)c3ccc(N4CC(CN5CCN(c6ccc7c(=O)n(C8CCC(=O)NC8=O)ncc7c6)CC5)C4)cc3)CC2)cc1Cl. The molecule has 1 unspecified atom stereocenters. The molecule has 14 heteroatoms. The molecule has 4 aliphatic rings. The lowest BCUT2D eigenvalue weighted by molar-refractivity contribution is -0.136. The van der Waals surface area contributed by atoms with Crippen LogP contribution in [0.3, 0.4) is 0 Å². The molecule has 3 saturated heterocycles. The summed E-state index contributed by atoms with van der Waals surface area (Å²) < 4.78 is 7.29. The fourth-order valence-electron chi connectivity index (χ4n) is 8.21. The van der Waals surface area contributed by atoms with Crippen molar-refractivity contribution < 1.29 is 19.1 Å². The van der Waals surface area contributed by atoms with E-state index in [1.54, 1.807) is 24.4 Å². The van der Waals surface area contributed by atoms with E-state index < -0.39 is 11.9 Å². The molecule has 3 aromatic carbocycles. The molecule has 3 amide bonds. The predicted molar refractivity (Wildman–Crippen MR) is 209 cm³/mol. The van der Waals surface area contributed by atoms with Crippen molar-refractivity contribution in [1.82, 2.24) is 25.3 Å². The van der Waals surface area contributed by atoms with Crippen LogP contribution in [0.5, 0.6) is 5.75 Å². The number of rotatable bonds is 9. The van der Waals surface area contributed by atoms with Crippen LogP contribution in [0.4, 0.5) is 11.4 Å². The van der Waals surface area contributed by atoms with E-state index in [9.17, 15) is 19.2 Å². The van der Waals surface area contributed by atoms with Crippen molar-refractivity contribution in [2.75, 3.05) is 55.6 Å². The fraction of sp³-hybridized carbons (Fsp3) is 0.415. The van der Waals surface area contributed by atoms with Gasteiger partial charge in [-0.2, -0.15) is 10.4 Å². The first-order valence-electron chi connectivity index (χ1n) is 19.1. The Morgan fingerprint density at radius 2 is 1.65 bits per heavy atom. The number of halogens is 1. The van der Waals surface area contributed by atoms with Crippen LogP contribution in [0.1, 0.15) is 60.5 Å². The Labute approximate surface area is 323 Å². The number of nitrogens with one attached hydrogen (secondary N) is 2. The van der Waals surface area contributed by atoms with Gasteiger partial charge in [-0.1, -0.05) is 11.6 Å². The van der Waals surface area contributed by atoms with Crippen LogP contribution >= 0.6 is 11.6 Å². The van der Waals surface area contributed by atoms with Crippen LogP contribution in [-0.4, -0.2) is 90.4 Å². The Morgan fingerprint density at radius 3 is 2.36 bits per heavy atom. The standard InChI is InChI=1S/C41H43ClN8O5/c42-36-20-34(9-3-28(36)21-43)55-33-10-4-30(5-11-33)45-39(52)27-1-6-31(7-2-27)49-24-26(25-49)23-47-15-17-48(18-16-47)32-8-12-35-29(19-32)22-44-50(41(35)54)37-13-14-38(51)46-40(37)53/h1-3,6-9,12,19-20,22,26,30,33,37H,4-5,10-11,13-18,23-25H2,(H,45,52)(H,46,51,53).